The maximum atomic E-state index is 10.9. The number of Topliss-reactive ketones (excluding diaryl/α,β-unsaturated/α-hetero) is 1. The van der Waals surface area contributed by atoms with Gasteiger partial charge in [0.2, 0.25) is 0 Å². The summed E-state index contributed by atoms with van der Waals surface area (Å²) >= 11 is 0. The number of carbonyl (C=O) groups excluding carboxylic acids is 1. The molecular formula is C18H22O4. The molecule has 0 amide bonds. The molecule has 4 nitrogen and oxygen atoms in total. The molecule has 0 aromatic heterocycles. The van der Waals surface area contributed by atoms with E-state index in [0.717, 1.165) is 11.3 Å². The van der Waals surface area contributed by atoms with E-state index >= 15 is 0 Å². The van der Waals surface area contributed by atoms with Gasteiger partial charge in [-0.25, -0.2) is 0 Å². The SMILES string of the molecule is COc1ccccc1C(C)=O.COc1ccccc1[C@@H](C)O. The maximum absolute atomic E-state index is 10.9. The molecule has 0 aliphatic carbocycles. The van der Waals surface area contributed by atoms with Gasteiger partial charge < -0.3 is 14.6 Å². The molecule has 1 atom stereocenters. The van der Waals surface area contributed by atoms with Gasteiger partial charge in [-0.2, -0.15) is 0 Å². The van der Waals surface area contributed by atoms with Crippen LogP contribution in [0.25, 0.3) is 0 Å². The second kappa shape index (κ2) is 8.85. The first-order valence-electron chi connectivity index (χ1n) is 6.96. The molecule has 1 N–H and O–H groups in total. The van der Waals surface area contributed by atoms with Gasteiger partial charge in [0.1, 0.15) is 11.5 Å². The number of methoxy groups -OCH3 is 2. The minimum absolute atomic E-state index is 0.0300. The van der Waals surface area contributed by atoms with Crippen molar-refractivity contribution >= 4 is 5.78 Å². The van der Waals surface area contributed by atoms with Crippen LogP contribution < -0.4 is 9.47 Å². The third kappa shape index (κ3) is 4.90. The molecule has 0 saturated heterocycles. The van der Waals surface area contributed by atoms with Crippen molar-refractivity contribution in [2.45, 2.75) is 20.0 Å². The van der Waals surface area contributed by atoms with Crippen molar-refractivity contribution in [2.24, 2.45) is 0 Å². The Balaban J connectivity index is 0.000000220. The van der Waals surface area contributed by atoms with Crippen LogP contribution in [0.2, 0.25) is 0 Å². The summed E-state index contributed by atoms with van der Waals surface area (Å²) in [6.07, 6.45) is -0.467. The summed E-state index contributed by atoms with van der Waals surface area (Å²) < 4.78 is 10.0. The molecule has 0 spiro atoms. The van der Waals surface area contributed by atoms with Gasteiger partial charge in [-0.15, -0.1) is 0 Å². The summed E-state index contributed by atoms with van der Waals surface area (Å²) in [6.45, 7) is 3.25. The molecular weight excluding hydrogens is 280 g/mol. The predicted octanol–water partition coefficient (Wildman–Crippen LogP) is 3.65. The lowest BCUT2D eigenvalue weighted by molar-refractivity contribution is 0.101. The van der Waals surface area contributed by atoms with Crippen LogP contribution in [0.3, 0.4) is 0 Å². The van der Waals surface area contributed by atoms with E-state index in [1.807, 2.05) is 36.4 Å². The molecule has 0 aliphatic rings. The Morgan fingerprint density at radius 2 is 1.45 bits per heavy atom. The highest BCUT2D eigenvalue weighted by atomic mass is 16.5. The number of carbonyl (C=O) groups is 1. The minimum Gasteiger partial charge on any atom is -0.496 e. The average molecular weight is 302 g/mol. The van der Waals surface area contributed by atoms with Crippen molar-refractivity contribution in [3.8, 4) is 11.5 Å². The molecule has 0 heterocycles. The Kier molecular flexibility index (Phi) is 7.13. The highest BCUT2D eigenvalue weighted by molar-refractivity contribution is 5.96. The number of hydrogen-bond donors (Lipinski definition) is 1. The van der Waals surface area contributed by atoms with Crippen molar-refractivity contribution < 1.29 is 19.4 Å². The Bertz CT molecular complexity index is 606. The lowest BCUT2D eigenvalue weighted by Gasteiger charge is -2.09. The van der Waals surface area contributed by atoms with Gasteiger partial charge in [-0.3, -0.25) is 4.79 Å². The van der Waals surface area contributed by atoms with E-state index in [1.54, 1.807) is 33.3 Å². The molecule has 0 aliphatic heterocycles. The number of para-hydroxylation sites is 2. The van der Waals surface area contributed by atoms with Crippen molar-refractivity contribution in [1.82, 2.24) is 0 Å². The van der Waals surface area contributed by atoms with Gasteiger partial charge in [0, 0.05) is 5.56 Å². The normalized spacial score (nSPS) is 11.0. The second-order valence-corrected chi connectivity index (χ2v) is 4.67. The molecule has 22 heavy (non-hydrogen) atoms. The maximum Gasteiger partial charge on any atom is 0.163 e. The van der Waals surface area contributed by atoms with E-state index in [9.17, 15) is 9.90 Å². The van der Waals surface area contributed by atoms with E-state index < -0.39 is 6.10 Å². The van der Waals surface area contributed by atoms with Crippen LogP contribution in [0, 0.1) is 0 Å². The van der Waals surface area contributed by atoms with Gasteiger partial charge >= 0.3 is 0 Å². The van der Waals surface area contributed by atoms with Crippen LogP contribution in [0.5, 0.6) is 11.5 Å². The highest BCUT2D eigenvalue weighted by Crippen LogP contribution is 2.23. The molecule has 2 rings (SSSR count). The lowest BCUT2D eigenvalue weighted by atomic mass is 10.1. The van der Waals surface area contributed by atoms with Crippen LogP contribution in [-0.2, 0) is 0 Å². The summed E-state index contributed by atoms with van der Waals surface area (Å²) in [5.41, 5.74) is 1.46. The molecule has 0 radical (unpaired) electrons. The second-order valence-electron chi connectivity index (χ2n) is 4.67. The van der Waals surface area contributed by atoms with Crippen molar-refractivity contribution in [3.05, 3.63) is 59.7 Å². The average Bonchev–Trinajstić information content (AvgIpc) is 2.55. The first-order valence-corrected chi connectivity index (χ1v) is 6.96. The van der Waals surface area contributed by atoms with Crippen molar-refractivity contribution in [2.75, 3.05) is 14.2 Å². The van der Waals surface area contributed by atoms with E-state index in [1.165, 1.54) is 6.92 Å². The summed E-state index contributed by atoms with van der Waals surface area (Å²) in [4.78, 5) is 10.9. The first-order chi connectivity index (χ1) is 10.5. The van der Waals surface area contributed by atoms with Crippen LogP contribution in [0.4, 0.5) is 0 Å². The molecule has 2 aromatic carbocycles. The van der Waals surface area contributed by atoms with E-state index in [2.05, 4.69) is 0 Å². The summed E-state index contributed by atoms with van der Waals surface area (Å²) in [6, 6.07) is 14.6. The number of hydrogen-bond acceptors (Lipinski definition) is 4. The van der Waals surface area contributed by atoms with Crippen LogP contribution in [-0.4, -0.2) is 25.1 Å². The van der Waals surface area contributed by atoms with Gasteiger partial charge in [0.25, 0.3) is 0 Å². The Hall–Kier alpha value is -2.33. The smallest absolute Gasteiger partial charge is 0.163 e. The fourth-order valence-corrected chi connectivity index (χ4v) is 1.95. The zero-order valence-corrected chi connectivity index (χ0v) is 13.4. The quantitative estimate of drug-likeness (QED) is 0.876. The Morgan fingerprint density at radius 1 is 0.955 bits per heavy atom. The van der Waals surface area contributed by atoms with Crippen LogP contribution >= 0.6 is 0 Å². The third-order valence-electron chi connectivity index (χ3n) is 3.08. The molecule has 2 aromatic rings. The minimum atomic E-state index is -0.467. The largest absolute Gasteiger partial charge is 0.496 e. The van der Waals surface area contributed by atoms with Crippen LogP contribution in [0.1, 0.15) is 35.9 Å². The Morgan fingerprint density at radius 3 is 1.86 bits per heavy atom. The predicted molar refractivity (Wildman–Crippen MR) is 86.6 cm³/mol. The fraction of sp³-hybridized carbons (Fsp3) is 0.278. The molecule has 0 bridgehead atoms. The van der Waals surface area contributed by atoms with E-state index in [-0.39, 0.29) is 5.78 Å². The van der Waals surface area contributed by atoms with Crippen LogP contribution in [0.15, 0.2) is 48.5 Å². The van der Waals surface area contributed by atoms with Gasteiger partial charge in [-0.1, -0.05) is 30.3 Å². The Labute approximate surface area is 131 Å². The summed E-state index contributed by atoms with van der Waals surface area (Å²) in [5.74, 6) is 1.41. The lowest BCUT2D eigenvalue weighted by Crippen LogP contribution is -1.96. The molecule has 0 fully saturated rings. The van der Waals surface area contributed by atoms with Crippen molar-refractivity contribution in [1.29, 1.82) is 0 Å². The fourth-order valence-electron chi connectivity index (χ4n) is 1.95. The zero-order chi connectivity index (χ0) is 16.5. The molecule has 118 valence electrons. The van der Waals surface area contributed by atoms with Gasteiger partial charge in [0.15, 0.2) is 5.78 Å². The van der Waals surface area contributed by atoms with E-state index in [0.29, 0.717) is 11.3 Å². The standard InChI is InChI=1S/C9H12O2.C9H10O2/c2*1-7(10)8-5-3-4-6-9(8)11-2/h3-7,10H,1-2H3;3-6H,1-2H3/t7-;/m1./s1. The first kappa shape index (κ1) is 17.7. The van der Waals surface area contributed by atoms with Crippen molar-refractivity contribution in [3.63, 3.8) is 0 Å². The third-order valence-corrected chi connectivity index (χ3v) is 3.08. The summed E-state index contributed by atoms with van der Waals surface area (Å²) in [7, 11) is 3.16. The van der Waals surface area contributed by atoms with Gasteiger partial charge in [-0.05, 0) is 32.0 Å². The molecule has 0 unspecified atom stereocenters. The molecule has 0 saturated carbocycles. The number of aliphatic hydroxyl groups excluding tert-OH is 1. The highest BCUT2D eigenvalue weighted by Gasteiger charge is 2.05. The topological polar surface area (TPSA) is 55.8 Å². The van der Waals surface area contributed by atoms with E-state index in [4.69, 9.17) is 9.47 Å². The number of ketones is 1. The monoisotopic (exact) mass is 302 g/mol. The zero-order valence-electron chi connectivity index (χ0n) is 13.4. The molecule has 4 heteroatoms. The van der Waals surface area contributed by atoms with Gasteiger partial charge in [0.05, 0.1) is 25.9 Å². The summed E-state index contributed by atoms with van der Waals surface area (Å²) in [5, 5.41) is 9.26. The number of ether oxygens (including phenoxy) is 2. The number of benzene rings is 2. The number of aliphatic hydroxyl groups is 1. The number of rotatable bonds is 4.